The molecule has 3 rings (SSSR count). The number of primary amides is 1. The zero-order chi connectivity index (χ0) is 17.4. The van der Waals surface area contributed by atoms with Crippen LogP contribution < -0.4 is 11.3 Å². The van der Waals surface area contributed by atoms with E-state index in [0.29, 0.717) is 37.1 Å². The smallest absolute Gasteiger partial charge is 0.263 e. The van der Waals surface area contributed by atoms with Gasteiger partial charge in [-0.2, -0.15) is 0 Å². The minimum atomic E-state index is -0.577. The summed E-state index contributed by atoms with van der Waals surface area (Å²) in [6, 6.07) is 6.95. The van der Waals surface area contributed by atoms with E-state index in [1.165, 1.54) is 4.57 Å². The largest absolute Gasteiger partial charge is 0.365 e. The summed E-state index contributed by atoms with van der Waals surface area (Å²) in [6.45, 7) is 1.76. The highest BCUT2D eigenvalue weighted by molar-refractivity contribution is 7.20. The molecule has 0 spiro atoms. The van der Waals surface area contributed by atoms with Crippen LogP contribution in [0.25, 0.3) is 21.6 Å². The second-order valence-corrected chi connectivity index (χ2v) is 6.57. The van der Waals surface area contributed by atoms with Gasteiger partial charge < -0.3 is 5.73 Å². The predicted octanol–water partition coefficient (Wildman–Crippen LogP) is 2.82. The molecule has 1 amide bonds. The number of aromatic nitrogens is 2. The van der Waals surface area contributed by atoms with Crippen LogP contribution >= 0.6 is 22.9 Å². The van der Waals surface area contributed by atoms with E-state index in [2.05, 4.69) is 10.9 Å². The fourth-order valence-electron chi connectivity index (χ4n) is 2.51. The molecule has 1 aromatic carbocycles. The lowest BCUT2D eigenvalue weighted by molar-refractivity contribution is 0.100. The molecule has 2 aromatic heterocycles. The van der Waals surface area contributed by atoms with E-state index in [4.69, 9.17) is 23.8 Å². The fraction of sp³-hybridized carbons (Fsp3) is 0.118. The van der Waals surface area contributed by atoms with Gasteiger partial charge in [-0.25, -0.2) is 4.98 Å². The summed E-state index contributed by atoms with van der Waals surface area (Å²) in [4.78, 5) is 29.8. The molecule has 24 heavy (non-hydrogen) atoms. The number of carbonyl (C=O) groups is 1. The number of nitrogens with two attached hydrogens (primary N) is 1. The lowest BCUT2D eigenvalue weighted by atomic mass is 10.1. The number of benzene rings is 1. The molecule has 0 fully saturated rings. The SMILES string of the molecule is C#CCn1c(-c2ccc(Cl)cc2)nc2sc(C(N)=O)c(C)c2c1=O. The molecule has 0 aliphatic rings. The third kappa shape index (κ3) is 2.58. The van der Waals surface area contributed by atoms with E-state index in [1.807, 2.05) is 0 Å². The molecule has 3 aromatic rings. The lowest BCUT2D eigenvalue weighted by Crippen LogP contribution is -2.23. The minimum absolute atomic E-state index is 0.0704. The topological polar surface area (TPSA) is 78.0 Å². The van der Waals surface area contributed by atoms with Crippen molar-refractivity contribution in [2.24, 2.45) is 5.73 Å². The van der Waals surface area contributed by atoms with Gasteiger partial charge in [0.15, 0.2) is 0 Å². The Labute approximate surface area is 146 Å². The molecule has 0 atom stereocenters. The number of thiophene rings is 1. The Morgan fingerprint density at radius 1 is 1.42 bits per heavy atom. The quantitative estimate of drug-likeness (QED) is 0.732. The molecule has 0 saturated heterocycles. The summed E-state index contributed by atoms with van der Waals surface area (Å²) in [5, 5.41) is 0.954. The van der Waals surface area contributed by atoms with Gasteiger partial charge in [-0.1, -0.05) is 17.5 Å². The summed E-state index contributed by atoms with van der Waals surface area (Å²) < 4.78 is 1.41. The average Bonchev–Trinajstić information content (AvgIpc) is 2.88. The van der Waals surface area contributed by atoms with Crippen molar-refractivity contribution in [1.82, 2.24) is 9.55 Å². The summed E-state index contributed by atoms with van der Waals surface area (Å²) in [5.74, 6) is 2.32. The molecule has 5 nitrogen and oxygen atoms in total. The molecule has 0 radical (unpaired) electrons. The molecule has 0 aliphatic carbocycles. The Hall–Kier alpha value is -2.62. The second-order valence-electron chi connectivity index (χ2n) is 5.14. The average molecular weight is 358 g/mol. The first kappa shape index (κ1) is 16.2. The number of terminal acetylenes is 1. The highest BCUT2D eigenvalue weighted by Gasteiger charge is 2.20. The molecule has 2 N–H and O–H groups in total. The van der Waals surface area contributed by atoms with Crippen LogP contribution in [-0.2, 0) is 6.54 Å². The fourth-order valence-corrected chi connectivity index (χ4v) is 3.66. The number of aryl methyl sites for hydroxylation is 1. The third-order valence-corrected chi connectivity index (χ3v) is 5.08. The zero-order valence-electron chi connectivity index (χ0n) is 12.7. The van der Waals surface area contributed by atoms with E-state index in [0.717, 1.165) is 11.3 Å². The normalized spacial score (nSPS) is 10.7. The van der Waals surface area contributed by atoms with Gasteiger partial charge in [0.25, 0.3) is 11.5 Å². The number of hydrogen-bond donors (Lipinski definition) is 1. The number of nitrogens with zero attached hydrogens (tertiary/aromatic N) is 2. The Morgan fingerprint density at radius 2 is 2.08 bits per heavy atom. The second kappa shape index (κ2) is 6.11. The van der Waals surface area contributed by atoms with Crippen LogP contribution in [0.15, 0.2) is 29.1 Å². The summed E-state index contributed by atoms with van der Waals surface area (Å²) in [6.07, 6.45) is 5.41. The van der Waals surface area contributed by atoms with Crippen molar-refractivity contribution in [2.75, 3.05) is 0 Å². The molecule has 7 heteroatoms. The highest BCUT2D eigenvalue weighted by atomic mass is 35.5. The van der Waals surface area contributed by atoms with Crippen LogP contribution in [0, 0.1) is 19.3 Å². The number of fused-ring (bicyclic) bond motifs is 1. The van der Waals surface area contributed by atoms with Crippen molar-refractivity contribution in [3.8, 4) is 23.7 Å². The Balaban J connectivity index is 2.39. The van der Waals surface area contributed by atoms with Crippen LogP contribution in [0.4, 0.5) is 0 Å². The Bertz CT molecular complexity index is 1060. The predicted molar refractivity (Wildman–Crippen MR) is 96.4 cm³/mol. The Morgan fingerprint density at radius 3 is 2.67 bits per heavy atom. The van der Waals surface area contributed by atoms with Gasteiger partial charge in [-0.3, -0.25) is 14.2 Å². The summed E-state index contributed by atoms with van der Waals surface area (Å²) in [5.41, 5.74) is 6.34. The van der Waals surface area contributed by atoms with E-state index in [-0.39, 0.29) is 12.1 Å². The van der Waals surface area contributed by atoms with Gasteiger partial charge in [0.2, 0.25) is 0 Å². The van der Waals surface area contributed by atoms with Gasteiger partial charge in [-0.05, 0) is 36.8 Å². The monoisotopic (exact) mass is 357 g/mol. The maximum atomic E-state index is 12.9. The van der Waals surface area contributed by atoms with Crippen molar-refractivity contribution in [1.29, 1.82) is 0 Å². The molecular weight excluding hydrogens is 346 g/mol. The standard InChI is InChI=1S/C17H12ClN3O2S/c1-3-8-21-15(10-4-6-11(18)7-5-10)20-16-12(17(21)23)9(2)13(24-16)14(19)22/h1,4-7H,8H2,2H3,(H2,19,22). The van der Waals surface area contributed by atoms with E-state index in [1.54, 1.807) is 31.2 Å². The first-order valence-corrected chi connectivity index (χ1v) is 8.16. The van der Waals surface area contributed by atoms with Crippen molar-refractivity contribution in [3.63, 3.8) is 0 Å². The first-order chi connectivity index (χ1) is 11.4. The van der Waals surface area contributed by atoms with Gasteiger partial charge in [-0.15, -0.1) is 17.8 Å². The van der Waals surface area contributed by atoms with Crippen LogP contribution in [-0.4, -0.2) is 15.5 Å². The molecule has 0 saturated carbocycles. The van der Waals surface area contributed by atoms with Crippen LogP contribution in [0.1, 0.15) is 15.2 Å². The van der Waals surface area contributed by atoms with Crippen LogP contribution in [0.5, 0.6) is 0 Å². The van der Waals surface area contributed by atoms with Crippen LogP contribution in [0.2, 0.25) is 5.02 Å². The van der Waals surface area contributed by atoms with Crippen molar-refractivity contribution in [3.05, 3.63) is 50.1 Å². The highest BCUT2D eigenvalue weighted by Crippen LogP contribution is 2.29. The van der Waals surface area contributed by atoms with E-state index < -0.39 is 5.91 Å². The third-order valence-electron chi connectivity index (χ3n) is 3.63. The molecule has 0 bridgehead atoms. The number of amides is 1. The van der Waals surface area contributed by atoms with Gasteiger partial charge in [0, 0.05) is 10.6 Å². The Kier molecular flexibility index (Phi) is 4.14. The molecule has 0 unspecified atom stereocenters. The van der Waals surface area contributed by atoms with Gasteiger partial charge >= 0.3 is 0 Å². The van der Waals surface area contributed by atoms with Gasteiger partial charge in [0.05, 0.1) is 16.8 Å². The number of carbonyl (C=O) groups excluding carboxylic acids is 1. The number of rotatable bonds is 3. The van der Waals surface area contributed by atoms with E-state index in [9.17, 15) is 9.59 Å². The zero-order valence-corrected chi connectivity index (χ0v) is 14.2. The number of halogens is 1. The molecule has 120 valence electrons. The molecular formula is C17H12ClN3O2S. The maximum absolute atomic E-state index is 12.9. The molecule has 0 aliphatic heterocycles. The summed E-state index contributed by atoms with van der Waals surface area (Å²) in [7, 11) is 0. The molecule has 2 heterocycles. The van der Waals surface area contributed by atoms with Gasteiger partial charge in [0.1, 0.15) is 10.7 Å². The van der Waals surface area contributed by atoms with Crippen molar-refractivity contribution < 1.29 is 4.79 Å². The maximum Gasteiger partial charge on any atom is 0.263 e. The summed E-state index contributed by atoms with van der Waals surface area (Å²) >= 11 is 7.02. The van der Waals surface area contributed by atoms with Crippen LogP contribution in [0.3, 0.4) is 0 Å². The van der Waals surface area contributed by atoms with Crippen molar-refractivity contribution >= 4 is 39.1 Å². The number of hydrogen-bond acceptors (Lipinski definition) is 4. The lowest BCUT2D eigenvalue weighted by Gasteiger charge is -2.10. The van der Waals surface area contributed by atoms with Crippen molar-refractivity contribution in [2.45, 2.75) is 13.5 Å². The minimum Gasteiger partial charge on any atom is -0.365 e. The van der Waals surface area contributed by atoms with E-state index >= 15 is 0 Å². The first-order valence-electron chi connectivity index (χ1n) is 6.97.